The first-order valence-corrected chi connectivity index (χ1v) is 12.0. The van der Waals surface area contributed by atoms with Crippen molar-refractivity contribution in [1.29, 1.82) is 0 Å². The first-order valence-electron chi connectivity index (χ1n) is 11.6. The predicted octanol–water partition coefficient (Wildman–Crippen LogP) is 3.25. The predicted molar refractivity (Wildman–Crippen MR) is 138 cm³/mol. The number of carbonyl (C=O) groups excluding carboxylic acids is 3. The van der Waals surface area contributed by atoms with Crippen molar-refractivity contribution in [2.75, 3.05) is 48.8 Å². The molecule has 0 unspecified atom stereocenters. The molecule has 0 spiro atoms. The summed E-state index contributed by atoms with van der Waals surface area (Å²) >= 11 is 5.88. The highest BCUT2D eigenvalue weighted by atomic mass is 35.5. The summed E-state index contributed by atoms with van der Waals surface area (Å²) < 4.78 is 0. The molecule has 1 aliphatic rings. The van der Waals surface area contributed by atoms with Gasteiger partial charge in [0.1, 0.15) is 6.04 Å². The second kappa shape index (κ2) is 12.0. The second-order valence-electron chi connectivity index (χ2n) is 8.45. The Bertz CT molecular complexity index is 1030. The number of benzene rings is 2. The van der Waals surface area contributed by atoms with Gasteiger partial charge in [0.2, 0.25) is 11.8 Å². The summed E-state index contributed by atoms with van der Waals surface area (Å²) in [6.45, 7) is 6.01. The molecule has 0 radical (unpaired) electrons. The third-order valence-corrected chi connectivity index (χ3v) is 6.34. The van der Waals surface area contributed by atoms with Gasteiger partial charge in [0.25, 0.3) is 0 Å². The number of halogens is 1. The zero-order valence-electron chi connectivity index (χ0n) is 20.2. The topological polar surface area (TPSA) is 105 Å². The third kappa shape index (κ3) is 6.94. The standard InChI is InChI=1S/C25H32ClN5O4/c1-4-30(5-2)16-23(33)29(3)20-12-10-18(11-13-20)27-24(34)22-14-21(32)15-31(22)25(35)28-19-8-6-17(26)7-9-19/h6-13,21-22,32H,4-5,14-16H2,1-3H3,(H,27,34)(H,28,35)/t21-,22-/m1/s1. The van der Waals surface area contributed by atoms with Crippen LogP contribution < -0.4 is 15.5 Å². The minimum absolute atomic E-state index is 0.0206. The molecule has 35 heavy (non-hydrogen) atoms. The monoisotopic (exact) mass is 501 g/mol. The van der Waals surface area contributed by atoms with Crippen LogP contribution in [0.3, 0.4) is 0 Å². The summed E-state index contributed by atoms with van der Waals surface area (Å²) in [5, 5.41) is 16.2. The Balaban J connectivity index is 1.61. The number of nitrogens with one attached hydrogen (secondary N) is 2. The van der Waals surface area contributed by atoms with E-state index in [9.17, 15) is 19.5 Å². The molecule has 0 saturated carbocycles. The van der Waals surface area contributed by atoms with E-state index in [0.29, 0.717) is 28.6 Å². The summed E-state index contributed by atoms with van der Waals surface area (Å²) in [4.78, 5) is 43.2. The highest BCUT2D eigenvalue weighted by Gasteiger charge is 2.39. The van der Waals surface area contributed by atoms with Crippen molar-refractivity contribution in [1.82, 2.24) is 9.80 Å². The van der Waals surface area contributed by atoms with E-state index >= 15 is 0 Å². The number of hydrogen-bond acceptors (Lipinski definition) is 5. The van der Waals surface area contributed by atoms with Gasteiger partial charge >= 0.3 is 6.03 Å². The van der Waals surface area contributed by atoms with Crippen LogP contribution in [0.2, 0.25) is 5.02 Å². The lowest BCUT2D eigenvalue weighted by Gasteiger charge is -2.24. The van der Waals surface area contributed by atoms with Crippen LogP contribution in [0, 0.1) is 0 Å². The molecule has 10 heteroatoms. The molecule has 0 bridgehead atoms. The molecule has 1 aliphatic heterocycles. The number of likely N-dealkylation sites (N-methyl/N-ethyl adjacent to an activating group) is 2. The van der Waals surface area contributed by atoms with E-state index in [0.717, 1.165) is 13.1 Å². The summed E-state index contributed by atoms with van der Waals surface area (Å²) in [5.41, 5.74) is 1.78. The number of rotatable bonds is 8. The summed E-state index contributed by atoms with van der Waals surface area (Å²) in [6.07, 6.45) is -0.657. The maximum absolute atomic E-state index is 13.0. The van der Waals surface area contributed by atoms with E-state index < -0.39 is 24.1 Å². The van der Waals surface area contributed by atoms with E-state index in [4.69, 9.17) is 11.6 Å². The summed E-state index contributed by atoms with van der Waals surface area (Å²) in [7, 11) is 1.72. The lowest BCUT2D eigenvalue weighted by Crippen LogP contribution is -2.45. The van der Waals surface area contributed by atoms with Crippen LogP contribution in [0.25, 0.3) is 0 Å². The van der Waals surface area contributed by atoms with E-state index in [2.05, 4.69) is 10.6 Å². The molecular formula is C25H32ClN5O4. The first-order chi connectivity index (χ1) is 16.7. The largest absolute Gasteiger partial charge is 0.391 e. The van der Waals surface area contributed by atoms with Gasteiger partial charge in [-0.2, -0.15) is 0 Å². The van der Waals surface area contributed by atoms with Gasteiger partial charge in [-0.3, -0.25) is 14.5 Å². The maximum atomic E-state index is 13.0. The average molecular weight is 502 g/mol. The van der Waals surface area contributed by atoms with Crippen LogP contribution in [0.15, 0.2) is 48.5 Å². The minimum atomic E-state index is -0.824. The van der Waals surface area contributed by atoms with E-state index in [-0.39, 0.29) is 18.9 Å². The van der Waals surface area contributed by atoms with Crippen LogP contribution in [-0.2, 0) is 9.59 Å². The molecule has 2 atom stereocenters. The SMILES string of the molecule is CCN(CC)CC(=O)N(C)c1ccc(NC(=O)[C@H]2C[C@@H](O)CN2C(=O)Nc2ccc(Cl)cc2)cc1. The number of aliphatic hydroxyl groups is 1. The van der Waals surface area contributed by atoms with Crippen molar-refractivity contribution in [3.8, 4) is 0 Å². The Morgan fingerprint density at radius 3 is 2.17 bits per heavy atom. The Kier molecular flexibility index (Phi) is 9.08. The van der Waals surface area contributed by atoms with Gasteiger partial charge in [0.15, 0.2) is 0 Å². The molecule has 4 amide bonds. The van der Waals surface area contributed by atoms with Crippen LogP contribution in [0.5, 0.6) is 0 Å². The van der Waals surface area contributed by atoms with Crippen molar-refractivity contribution in [3.63, 3.8) is 0 Å². The van der Waals surface area contributed by atoms with E-state index in [1.54, 1.807) is 60.5 Å². The number of nitrogens with zero attached hydrogens (tertiary/aromatic N) is 3. The number of carbonyl (C=O) groups is 3. The van der Waals surface area contributed by atoms with E-state index in [1.165, 1.54) is 4.90 Å². The number of likely N-dealkylation sites (tertiary alicyclic amines) is 1. The Labute approximate surface area is 210 Å². The smallest absolute Gasteiger partial charge is 0.322 e. The van der Waals surface area contributed by atoms with Gasteiger partial charge in [0.05, 0.1) is 12.6 Å². The van der Waals surface area contributed by atoms with Gasteiger partial charge in [-0.15, -0.1) is 0 Å². The molecule has 3 N–H and O–H groups in total. The van der Waals surface area contributed by atoms with Crippen LogP contribution in [0.4, 0.5) is 21.9 Å². The maximum Gasteiger partial charge on any atom is 0.322 e. The van der Waals surface area contributed by atoms with Gasteiger partial charge in [0, 0.05) is 42.1 Å². The van der Waals surface area contributed by atoms with Crippen molar-refractivity contribution >= 4 is 46.5 Å². The molecule has 1 saturated heterocycles. The van der Waals surface area contributed by atoms with Crippen molar-refractivity contribution in [3.05, 3.63) is 53.6 Å². The highest BCUT2D eigenvalue weighted by molar-refractivity contribution is 6.30. The molecule has 9 nitrogen and oxygen atoms in total. The molecule has 0 aromatic heterocycles. The molecule has 188 valence electrons. The lowest BCUT2D eigenvalue weighted by atomic mass is 10.1. The van der Waals surface area contributed by atoms with Gasteiger partial charge < -0.3 is 25.5 Å². The minimum Gasteiger partial charge on any atom is -0.391 e. The van der Waals surface area contributed by atoms with Crippen molar-refractivity contribution < 1.29 is 19.5 Å². The van der Waals surface area contributed by atoms with Crippen molar-refractivity contribution in [2.24, 2.45) is 0 Å². The Hall–Kier alpha value is -3.14. The quantitative estimate of drug-likeness (QED) is 0.515. The molecular weight excluding hydrogens is 470 g/mol. The molecule has 2 aromatic rings. The number of urea groups is 1. The number of β-amino-alcohol motifs (C(OH)–C–C–N with tert-alkyl or cyclic N) is 1. The summed E-state index contributed by atoms with van der Waals surface area (Å²) in [6, 6.07) is 12.2. The van der Waals surface area contributed by atoms with Crippen LogP contribution in [-0.4, -0.2) is 78.1 Å². The van der Waals surface area contributed by atoms with Crippen molar-refractivity contribution in [2.45, 2.75) is 32.4 Å². The normalized spacial score (nSPS) is 17.4. The summed E-state index contributed by atoms with van der Waals surface area (Å²) in [5.74, 6) is -0.417. The third-order valence-electron chi connectivity index (χ3n) is 6.09. The molecule has 2 aromatic carbocycles. The van der Waals surface area contributed by atoms with Crippen LogP contribution >= 0.6 is 11.6 Å². The fraction of sp³-hybridized carbons (Fsp3) is 0.400. The van der Waals surface area contributed by atoms with Gasteiger partial charge in [-0.05, 0) is 61.6 Å². The number of anilines is 3. The second-order valence-corrected chi connectivity index (χ2v) is 8.88. The van der Waals surface area contributed by atoms with E-state index in [1.807, 2.05) is 18.7 Å². The zero-order chi connectivity index (χ0) is 25.5. The van der Waals surface area contributed by atoms with Gasteiger partial charge in [-0.1, -0.05) is 25.4 Å². The van der Waals surface area contributed by atoms with Gasteiger partial charge in [-0.25, -0.2) is 4.79 Å². The van der Waals surface area contributed by atoms with Crippen LogP contribution in [0.1, 0.15) is 20.3 Å². The number of hydrogen-bond donors (Lipinski definition) is 3. The molecule has 3 rings (SSSR count). The fourth-order valence-corrected chi connectivity index (χ4v) is 4.02. The molecule has 1 heterocycles. The first kappa shape index (κ1) is 26.5. The Morgan fingerprint density at radius 1 is 1.00 bits per heavy atom. The Morgan fingerprint density at radius 2 is 1.57 bits per heavy atom. The number of amides is 4. The fourth-order valence-electron chi connectivity index (χ4n) is 3.90. The average Bonchev–Trinajstić information content (AvgIpc) is 3.25. The lowest BCUT2D eigenvalue weighted by molar-refractivity contribution is -0.120. The molecule has 0 aliphatic carbocycles. The zero-order valence-corrected chi connectivity index (χ0v) is 21.0. The number of aliphatic hydroxyl groups excluding tert-OH is 1. The molecule has 1 fully saturated rings. The highest BCUT2D eigenvalue weighted by Crippen LogP contribution is 2.23.